The molecule has 0 aliphatic carbocycles. The number of nitrogens with one attached hydrogen (secondary N) is 6. The maximum atomic E-state index is 13.9. The average molecular weight is 838 g/mol. The quantitative estimate of drug-likeness (QED) is 0.0457. The number of aliphatic hydroxyl groups is 1. The zero-order valence-electron chi connectivity index (χ0n) is 33.3. The molecule has 0 saturated heterocycles. The van der Waals surface area contributed by atoms with Gasteiger partial charge < -0.3 is 63.2 Å². The minimum Gasteiger partial charge on any atom is -0.481 e. The second kappa shape index (κ2) is 24.6. The standard InChI is InChI=1S/C37H55N7O15/c1-17(2)13-24(42-35(56)29(18(3)4)44-32(53)21(38)15-27(47)48)34(55)41-23(14-20-9-7-6-8-10-20)30(51)36(57)43-25(16-28(49)50)33(54)39-19(5)31(52)40-22(37(58)59)11-12-26(45)46/h6-10,17-19,21-25,29-30,51H,11-16,38H2,1-5H3,(H,39,54)(H,40,52)(H,41,55)(H,42,56)(H,43,57)(H,44,53)(H,45,46)(H,47,48)(H,49,50)(H,58,59)/t19-,21-,22-,23-,24-,25-,29-,30+/m0/s1. The fourth-order valence-electron chi connectivity index (χ4n) is 5.46. The van der Waals surface area contributed by atoms with E-state index in [1.807, 2.05) is 0 Å². The van der Waals surface area contributed by atoms with Crippen molar-refractivity contribution in [2.75, 3.05) is 0 Å². The van der Waals surface area contributed by atoms with Crippen molar-refractivity contribution in [3.63, 3.8) is 0 Å². The maximum Gasteiger partial charge on any atom is 0.326 e. The van der Waals surface area contributed by atoms with Gasteiger partial charge in [-0.3, -0.25) is 43.2 Å². The lowest BCUT2D eigenvalue weighted by atomic mass is 9.97. The Morgan fingerprint density at radius 2 is 1.14 bits per heavy atom. The first-order valence-corrected chi connectivity index (χ1v) is 18.6. The molecule has 0 radical (unpaired) electrons. The maximum absolute atomic E-state index is 13.9. The molecule has 0 heterocycles. The number of rotatable bonds is 26. The molecule has 1 rings (SSSR count). The topological polar surface area (TPSA) is 370 Å². The Kier molecular flexibility index (Phi) is 21.2. The van der Waals surface area contributed by atoms with Gasteiger partial charge in [0.25, 0.3) is 5.91 Å². The summed E-state index contributed by atoms with van der Waals surface area (Å²) < 4.78 is 0. The van der Waals surface area contributed by atoms with Crippen LogP contribution in [0.15, 0.2) is 30.3 Å². The molecule has 0 aromatic heterocycles. The molecule has 0 aliphatic heterocycles. The van der Waals surface area contributed by atoms with Crippen molar-refractivity contribution in [3.05, 3.63) is 35.9 Å². The van der Waals surface area contributed by atoms with Gasteiger partial charge in [0.15, 0.2) is 6.10 Å². The van der Waals surface area contributed by atoms with Gasteiger partial charge in [-0.25, -0.2) is 4.79 Å². The van der Waals surface area contributed by atoms with Crippen molar-refractivity contribution >= 4 is 59.3 Å². The molecule has 6 amide bonds. The first-order valence-electron chi connectivity index (χ1n) is 18.6. The van der Waals surface area contributed by atoms with Crippen LogP contribution >= 0.6 is 0 Å². The van der Waals surface area contributed by atoms with E-state index in [1.165, 1.54) is 0 Å². The van der Waals surface area contributed by atoms with Crippen LogP contribution in [0.3, 0.4) is 0 Å². The van der Waals surface area contributed by atoms with Crippen LogP contribution in [0, 0.1) is 11.8 Å². The Hall–Kier alpha value is -6.16. The van der Waals surface area contributed by atoms with Crippen LogP contribution in [0.25, 0.3) is 0 Å². The Morgan fingerprint density at radius 3 is 1.64 bits per heavy atom. The molecule has 0 saturated carbocycles. The summed E-state index contributed by atoms with van der Waals surface area (Å²) in [5.41, 5.74) is 6.16. The van der Waals surface area contributed by atoms with Crippen LogP contribution in [-0.2, 0) is 54.4 Å². The van der Waals surface area contributed by atoms with E-state index in [9.17, 15) is 63.3 Å². The molecule has 0 bridgehead atoms. The first kappa shape index (κ1) is 50.9. The average Bonchev–Trinajstić information content (AvgIpc) is 3.13. The zero-order chi connectivity index (χ0) is 45.1. The number of aliphatic hydroxyl groups excluding tert-OH is 1. The van der Waals surface area contributed by atoms with E-state index in [0.717, 1.165) is 6.92 Å². The van der Waals surface area contributed by atoms with Crippen molar-refractivity contribution in [1.82, 2.24) is 31.9 Å². The summed E-state index contributed by atoms with van der Waals surface area (Å²) in [4.78, 5) is 124. The normalized spacial score (nSPS) is 15.1. The van der Waals surface area contributed by atoms with Gasteiger partial charge in [0.05, 0.1) is 24.9 Å². The minimum atomic E-state index is -2.16. The van der Waals surface area contributed by atoms with E-state index in [1.54, 1.807) is 58.0 Å². The molecule has 0 fully saturated rings. The Morgan fingerprint density at radius 1 is 0.593 bits per heavy atom. The van der Waals surface area contributed by atoms with Gasteiger partial charge in [0, 0.05) is 6.42 Å². The smallest absolute Gasteiger partial charge is 0.326 e. The van der Waals surface area contributed by atoms with E-state index < -0.39 is 139 Å². The predicted molar refractivity (Wildman–Crippen MR) is 205 cm³/mol. The fraction of sp³-hybridized carbons (Fsp3) is 0.568. The zero-order valence-corrected chi connectivity index (χ0v) is 33.3. The molecule has 8 atom stereocenters. The second-order valence-corrected chi connectivity index (χ2v) is 14.6. The Bertz CT molecular complexity index is 1670. The molecular weight excluding hydrogens is 782 g/mol. The van der Waals surface area contributed by atoms with E-state index in [2.05, 4.69) is 31.9 Å². The highest BCUT2D eigenvalue weighted by molar-refractivity contribution is 5.96. The predicted octanol–water partition coefficient (Wildman–Crippen LogP) is -2.55. The largest absolute Gasteiger partial charge is 0.481 e. The highest BCUT2D eigenvalue weighted by atomic mass is 16.4. The van der Waals surface area contributed by atoms with Crippen molar-refractivity contribution in [3.8, 4) is 0 Å². The summed E-state index contributed by atoms with van der Waals surface area (Å²) in [7, 11) is 0. The molecular formula is C37H55N7O15. The van der Waals surface area contributed by atoms with Crippen LogP contribution in [-0.4, -0.2) is 133 Å². The fourth-order valence-corrected chi connectivity index (χ4v) is 5.46. The van der Waals surface area contributed by atoms with Gasteiger partial charge in [0.2, 0.25) is 29.5 Å². The van der Waals surface area contributed by atoms with E-state index >= 15 is 0 Å². The third-order valence-electron chi connectivity index (χ3n) is 8.62. The highest BCUT2D eigenvalue weighted by Crippen LogP contribution is 2.12. The van der Waals surface area contributed by atoms with Crippen LogP contribution in [0.5, 0.6) is 0 Å². The van der Waals surface area contributed by atoms with Gasteiger partial charge in [-0.1, -0.05) is 58.0 Å². The number of nitrogens with two attached hydrogens (primary N) is 1. The summed E-state index contributed by atoms with van der Waals surface area (Å²) in [5, 5.41) is 61.8. The number of carboxylic acid groups (broad SMARTS) is 4. The number of carbonyl (C=O) groups is 10. The van der Waals surface area contributed by atoms with Crippen molar-refractivity contribution in [2.45, 2.75) is 122 Å². The molecule has 13 N–H and O–H groups in total. The number of carbonyl (C=O) groups excluding carboxylic acids is 6. The number of hydrogen-bond donors (Lipinski definition) is 12. The highest BCUT2D eigenvalue weighted by Gasteiger charge is 2.36. The van der Waals surface area contributed by atoms with Crippen LogP contribution in [0.4, 0.5) is 0 Å². The van der Waals surface area contributed by atoms with Crippen molar-refractivity contribution in [2.24, 2.45) is 17.6 Å². The minimum absolute atomic E-state index is 0.0224. The van der Waals surface area contributed by atoms with Crippen molar-refractivity contribution in [1.29, 1.82) is 0 Å². The summed E-state index contributed by atoms with van der Waals surface area (Å²) in [6, 6.07) is -2.40. The molecule has 0 unspecified atom stereocenters. The second-order valence-electron chi connectivity index (χ2n) is 14.6. The lowest BCUT2D eigenvalue weighted by Crippen LogP contribution is -2.61. The number of benzene rings is 1. The van der Waals surface area contributed by atoms with E-state index in [-0.39, 0.29) is 18.8 Å². The number of amides is 6. The van der Waals surface area contributed by atoms with Crippen molar-refractivity contribution < 1.29 is 73.5 Å². The molecule has 59 heavy (non-hydrogen) atoms. The van der Waals surface area contributed by atoms with Gasteiger partial charge in [-0.2, -0.15) is 0 Å². The van der Waals surface area contributed by atoms with E-state index in [4.69, 9.17) is 15.9 Å². The third kappa shape index (κ3) is 18.8. The summed E-state index contributed by atoms with van der Waals surface area (Å²) in [6.45, 7) is 7.77. The monoisotopic (exact) mass is 837 g/mol. The summed E-state index contributed by atoms with van der Waals surface area (Å²) in [6.07, 6.45) is -5.19. The Balaban J connectivity index is 3.33. The number of aliphatic carboxylic acids is 4. The lowest BCUT2D eigenvalue weighted by Gasteiger charge is -2.30. The summed E-state index contributed by atoms with van der Waals surface area (Å²) in [5.74, 6) is -12.8. The van der Waals surface area contributed by atoms with E-state index in [0.29, 0.717) is 5.56 Å². The molecule has 1 aromatic carbocycles. The van der Waals surface area contributed by atoms with Crippen LogP contribution < -0.4 is 37.6 Å². The SMILES string of the molecule is CC(C)C[C@H](NC(=O)[C@@H](NC(=O)[C@@H](N)CC(=O)O)C(C)C)C(=O)N[C@@H](Cc1ccccc1)[C@@H](O)C(=O)N[C@@H](CC(=O)O)C(=O)N[C@@H](C)C(=O)N[C@@H](CCC(=O)O)C(=O)O. The number of hydrogen-bond acceptors (Lipinski definition) is 12. The number of carboxylic acids is 4. The molecule has 0 aliphatic rings. The third-order valence-corrected chi connectivity index (χ3v) is 8.62. The van der Waals surface area contributed by atoms with Gasteiger partial charge >= 0.3 is 23.9 Å². The van der Waals surface area contributed by atoms with Gasteiger partial charge in [-0.15, -0.1) is 0 Å². The van der Waals surface area contributed by atoms with Crippen LogP contribution in [0.1, 0.15) is 72.3 Å². The van der Waals surface area contributed by atoms with Gasteiger partial charge in [0.1, 0.15) is 30.2 Å². The summed E-state index contributed by atoms with van der Waals surface area (Å²) >= 11 is 0. The molecule has 328 valence electrons. The molecule has 1 aromatic rings. The Labute approximate surface area is 339 Å². The molecule has 22 heteroatoms. The van der Waals surface area contributed by atoms with Gasteiger partial charge in [-0.05, 0) is 43.6 Å². The van der Waals surface area contributed by atoms with Crippen LogP contribution in [0.2, 0.25) is 0 Å². The molecule has 0 spiro atoms. The molecule has 22 nitrogen and oxygen atoms in total. The lowest BCUT2D eigenvalue weighted by molar-refractivity contribution is -0.144. The first-order chi connectivity index (χ1) is 27.4.